The van der Waals surface area contributed by atoms with Crippen LogP contribution in [0.4, 0.5) is 0 Å². The van der Waals surface area contributed by atoms with E-state index < -0.39 is 76.1 Å². The number of hydrogen-bond donors (Lipinski definition) is 2. The number of Topliss-reactive ketones (excluding diaryl/α,β-unsaturated/α-hetero) is 1. The smallest absolute Gasteiger partial charge is 0.338 e. The minimum atomic E-state index is -2.04. The summed E-state index contributed by atoms with van der Waals surface area (Å²) < 4.78 is 23.8. The van der Waals surface area contributed by atoms with Crippen molar-refractivity contribution in [3.05, 3.63) is 59.2 Å². The van der Waals surface area contributed by atoms with Gasteiger partial charge in [0.15, 0.2) is 23.6 Å². The van der Waals surface area contributed by atoms with E-state index in [1.807, 2.05) is 0 Å². The van der Waals surface area contributed by atoms with Crippen LogP contribution in [0.25, 0.3) is 0 Å². The van der Waals surface area contributed by atoms with Crippen LogP contribution >= 0.6 is 0 Å². The zero-order chi connectivity index (χ0) is 31.7. The first kappa shape index (κ1) is 31.1. The molecule has 8 atom stereocenters. The Labute approximate surface area is 251 Å². The van der Waals surface area contributed by atoms with Crippen molar-refractivity contribution >= 4 is 23.7 Å². The number of fused-ring (bicyclic) bond motifs is 5. The van der Waals surface area contributed by atoms with Crippen LogP contribution in [0.1, 0.15) is 71.2 Å². The Bertz CT molecular complexity index is 1410. The second-order valence-electron chi connectivity index (χ2n) is 13.2. The van der Waals surface area contributed by atoms with E-state index in [0.29, 0.717) is 12.0 Å². The van der Waals surface area contributed by atoms with E-state index >= 15 is 0 Å². The van der Waals surface area contributed by atoms with Crippen molar-refractivity contribution in [3.63, 3.8) is 0 Å². The molecule has 0 radical (unpaired) electrons. The second kappa shape index (κ2) is 10.4. The van der Waals surface area contributed by atoms with E-state index in [4.69, 9.17) is 18.9 Å². The Kier molecular flexibility index (Phi) is 7.51. The van der Waals surface area contributed by atoms with Crippen molar-refractivity contribution in [2.24, 2.45) is 16.7 Å². The molecule has 0 aromatic heterocycles. The first-order chi connectivity index (χ1) is 20.0. The van der Waals surface area contributed by atoms with Crippen LogP contribution in [0, 0.1) is 16.7 Å². The molecule has 1 unspecified atom stereocenters. The number of aliphatic hydroxyl groups is 2. The molecule has 10 heteroatoms. The molecule has 3 aliphatic carbocycles. The summed E-state index contributed by atoms with van der Waals surface area (Å²) in [6.45, 7) is 13.5. The van der Waals surface area contributed by atoms with Crippen molar-refractivity contribution in [1.82, 2.24) is 0 Å². The van der Waals surface area contributed by atoms with E-state index in [-0.39, 0.29) is 36.2 Å². The van der Waals surface area contributed by atoms with Gasteiger partial charge < -0.3 is 29.2 Å². The van der Waals surface area contributed by atoms with Crippen LogP contribution in [-0.2, 0) is 33.3 Å². The minimum absolute atomic E-state index is 0.0481. The van der Waals surface area contributed by atoms with Gasteiger partial charge in [-0.1, -0.05) is 45.5 Å². The van der Waals surface area contributed by atoms with Crippen molar-refractivity contribution in [2.45, 2.75) is 96.4 Å². The predicted octanol–water partition coefficient (Wildman–Crippen LogP) is 3.24. The molecule has 1 aromatic rings. The third kappa shape index (κ3) is 4.48. The minimum Gasteiger partial charge on any atom is -0.453 e. The molecule has 2 saturated carbocycles. The standard InChI is InChI=1S/C33H40O10/c1-17-22(36)15-33(39)28(42-29(38)21-11-9-8-10-12-21)18(2)26-31(7,14-13-23-32(26,16-40-23)43-20(4)35)27(37)25(41-19(3)34)24(17)30(33,5)6/h8-12,22-23,25-26,28,36,39H,2,13-16H2,1,3-7H3/t22-,23+,25+,26?,28-,31+,32-,33+/m0/s1. The van der Waals surface area contributed by atoms with Gasteiger partial charge in [-0.3, -0.25) is 14.4 Å². The van der Waals surface area contributed by atoms with Crippen LogP contribution in [-0.4, -0.2) is 76.1 Å². The van der Waals surface area contributed by atoms with Crippen molar-refractivity contribution in [1.29, 1.82) is 0 Å². The fourth-order valence-corrected chi connectivity index (χ4v) is 8.15. The SMILES string of the molecule is C=C1C2[C@@](C)(CC[C@H]3OC[C@@]23OC(C)=O)C(=O)[C@H](OC(C)=O)C2=C(C)[C@@H](O)C[C@@](O)([C@H]1OC(=O)c1ccccc1)C2(C)C. The summed E-state index contributed by atoms with van der Waals surface area (Å²) in [6, 6.07) is 8.24. The maximum Gasteiger partial charge on any atom is 0.338 e. The molecule has 0 amide bonds. The maximum absolute atomic E-state index is 14.9. The number of aliphatic hydroxyl groups excluding tert-OH is 1. The summed E-state index contributed by atoms with van der Waals surface area (Å²) in [7, 11) is 0. The fraction of sp³-hybridized carbons (Fsp3) is 0.576. The summed E-state index contributed by atoms with van der Waals surface area (Å²) in [5.74, 6) is -3.56. The zero-order valence-corrected chi connectivity index (χ0v) is 25.5. The molecule has 1 aliphatic heterocycles. The molecule has 5 rings (SSSR count). The molecule has 4 aliphatic rings. The third-order valence-electron chi connectivity index (χ3n) is 10.3. The lowest BCUT2D eigenvalue weighted by atomic mass is 9.52. The molecule has 43 heavy (non-hydrogen) atoms. The van der Waals surface area contributed by atoms with Gasteiger partial charge in [-0.25, -0.2) is 4.79 Å². The monoisotopic (exact) mass is 596 g/mol. The summed E-state index contributed by atoms with van der Waals surface area (Å²) in [5.41, 5.74) is -5.16. The summed E-state index contributed by atoms with van der Waals surface area (Å²) in [6.07, 6.45) is -4.47. The average Bonchev–Trinajstić information content (AvgIpc) is 2.92. The summed E-state index contributed by atoms with van der Waals surface area (Å²) in [5, 5.41) is 24.2. The molecular weight excluding hydrogens is 556 g/mol. The first-order valence-electron chi connectivity index (χ1n) is 14.6. The van der Waals surface area contributed by atoms with Gasteiger partial charge in [0.25, 0.3) is 0 Å². The largest absolute Gasteiger partial charge is 0.453 e. The Balaban J connectivity index is 1.81. The quantitative estimate of drug-likeness (QED) is 0.302. The number of carbonyl (C=O) groups is 4. The Morgan fingerprint density at radius 1 is 1.05 bits per heavy atom. The first-order valence-corrected chi connectivity index (χ1v) is 14.6. The summed E-state index contributed by atoms with van der Waals surface area (Å²) >= 11 is 0. The molecule has 10 nitrogen and oxygen atoms in total. The van der Waals surface area contributed by atoms with Gasteiger partial charge in [-0.05, 0) is 48.6 Å². The van der Waals surface area contributed by atoms with Gasteiger partial charge in [0.05, 0.1) is 18.3 Å². The Hall–Kier alpha value is -3.34. The highest BCUT2D eigenvalue weighted by molar-refractivity contribution is 5.95. The molecule has 1 saturated heterocycles. The molecule has 232 valence electrons. The van der Waals surface area contributed by atoms with Crippen molar-refractivity contribution in [3.8, 4) is 0 Å². The summed E-state index contributed by atoms with van der Waals surface area (Å²) in [4.78, 5) is 53.6. The lowest BCUT2D eigenvalue weighted by Crippen LogP contribution is -2.73. The van der Waals surface area contributed by atoms with Crippen LogP contribution < -0.4 is 0 Å². The van der Waals surface area contributed by atoms with Gasteiger partial charge in [0, 0.05) is 37.0 Å². The normalized spacial score (nSPS) is 38.3. The van der Waals surface area contributed by atoms with Gasteiger partial charge in [-0.15, -0.1) is 0 Å². The molecule has 2 bridgehead atoms. The van der Waals surface area contributed by atoms with Crippen LogP contribution in [0.5, 0.6) is 0 Å². The zero-order valence-electron chi connectivity index (χ0n) is 25.5. The lowest BCUT2D eigenvalue weighted by molar-refractivity contribution is -0.298. The fourth-order valence-electron chi connectivity index (χ4n) is 8.15. The molecule has 3 fully saturated rings. The van der Waals surface area contributed by atoms with Crippen molar-refractivity contribution in [2.75, 3.05) is 6.61 Å². The number of hydrogen-bond acceptors (Lipinski definition) is 10. The van der Waals surface area contributed by atoms with Gasteiger partial charge >= 0.3 is 17.9 Å². The Morgan fingerprint density at radius 2 is 1.70 bits per heavy atom. The number of esters is 3. The molecule has 2 N–H and O–H groups in total. The number of ether oxygens (including phenoxy) is 4. The molecular formula is C33H40O10. The van der Waals surface area contributed by atoms with E-state index in [9.17, 15) is 29.4 Å². The predicted molar refractivity (Wildman–Crippen MR) is 152 cm³/mol. The number of carbonyl (C=O) groups excluding carboxylic acids is 4. The number of benzene rings is 1. The van der Waals surface area contributed by atoms with E-state index in [2.05, 4.69) is 6.58 Å². The van der Waals surface area contributed by atoms with Crippen LogP contribution in [0.3, 0.4) is 0 Å². The topological polar surface area (TPSA) is 146 Å². The van der Waals surface area contributed by atoms with Gasteiger partial charge in [0.2, 0.25) is 0 Å². The second-order valence-corrected chi connectivity index (χ2v) is 13.2. The number of ketones is 1. The highest BCUT2D eigenvalue weighted by Gasteiger charge is 2.72. The highest BCUT2D eigenvalue weighted by atomic mass is 16.6. The highest BCUT2D eigenvalue weighted by Crippen LogP contribution is 2.62. The lowest BCUT2D eigenvalue weighted by Gasteiger charge is -2.61. The molecule has 1 heterocycles. The van der Waals surface area contributed by atoms with Gasteiger partial charge in [-0.2, -0.15) is 0 Å². The molecule has 1 aromatic carbocycles. The van der Waals surface area contributed by atoms with Crippen LogP contribution in [0.15, 0.2) is 53.6 Å². The van der Waals surface area contributed by atoms with E-state index in [1.165, 1.54) is 13.8 Å². The third-order valence-corrected chi connectivity index (χ3v) is 10.3. The van der Waals surface area contributed by atoms with Gasteiger partial charge in [0.1, 0.15) is 11.7 Å². The maximum atomic E-state index is 14.9. The van der Waals surface area contributed by atoms with Crippen LogP contribution in [0.2, 0.25) is 0 Å². The van der Waals surface area contributed by atoms with E-state index in [0.717, 1.165) is 0 Å². The van der Waals surface area contributed by atoms with Crippen molar-refractivity contribution < 1.29 is 48.3 Å². The van der Waals surface area contributed by atoms with E-state index in [1.54, 1.807) is 58.0 Å². The number of rotatable bonds is 4. The average molecular weight is 597 g/mol. The Morgan fingerprint density at radius 3 is 2.26 bits per heavy atom. The molecule has 0 spiro atoms.